The molecule has 2 atom stereocenters. The molecule has 0 nitrogen and oxygen atoms in total. The molecule has 2 aromatic rings. The first kappa shape index (κ1) is 19.3. The highest BCUT2D eigenvalue weighted by Crippen LogP contribution is 2.42. The lowest BCUT2D eigenvalue weighted by atomic mass is 9.74. The summed E-state index contributed by atoms with van der Waals surface area (Å²) in [6.07, 6.45) is 4.21. The van der Waals surface area contributed by atoms with E-state index in [4.69, 9.17) is 0 Å². The minimum absolute atomic E-state index is 0.169. The van der Waals surface area contributed by atoms with E-state index in [2.05, 4.69) is 13.0 Å². The minimum Gasteiger partial charge on any atom is -0.247 e. The van der Waals surface area contributed by atoms with Crippen molar-refractivity contribution in [2.75, 3.05) is 0 Å². The monoisotopic (exact) mass is 384 g/mol. The Hall–Kier alpha value is -2.03. The molecule has 0 N–H and O–H groups in total. The summed E-state index contributed by atoms with van der Waals surface area (Å²) >= 11 is 0. The second-order valence-corrected chi connectivity index (χ2v) is 8.33. The summed E-state index contributed by atoms with van der Waals surface area (Å²) < 4.78 is 42.8. The van der Waals surface area contributed by atoms with Gasteiger partial charge in [-0.1, -0.05) is 56.2 Å². The Morgan fingerprint density at radius 2 is 1.64 bits per heavy atom. The summed E-state index contributed by atoms with van der Waals surface area (Å²) in [5.41, 5.74) is 5.20. The number of alkyl halides is 2. The van der Waals surface area contributed by atoms with Crippen molar-refractivity contribution < 1.29 is 13.2 Å². The maximum atomic E-state index is 14.7. The maximum Gasteiger partial charge on any atom is 0.123 e. The van der Waals surface area contributed by atoms with E-state index in [1.807, 2.05) is 30.3 Å². The van der Waals surface area contributed by atoms with Gasteiger partial charge in [-0.3, -0.25) is 0 Å². The Labute approximate surface area is 165 Å². The van der Waals surface area contributed by atoms with Gasteiger partial charge >= 0.3 is 0 Å². The molecule has 2 unspecified atom stereocenters. The van der Waals surface area contributed by atoms with Crippen molar-refractivity contribution in [3.63, 3.8) is 0 Å². The number of hydrogen-bond acceptors (Lipinski definition) is 0. The molecule has 2 aliphatic rings. The van der Waals surface area contributed by atoms with E-state index in [9.17, 15) is 13.2 Å². The fourth-order valence-corrected chi connectivity index (χ4v) is 4.92. The number of allylic oxidation sites excluding steroid dienone is 2. The predicted octanol–water partition coefficient (Wildman–Crippen LogP) is 6.98. The summed E-state index contributed by atoms with van der Waals surface area (Å²) in [6.45, 7) is 2.07. The van der Waals surface area contributed by atoms with E-state index in [-0.39, 0.29) is 11.7 Å². The Morgan fingerprint density at radius 1 is 0.929 bits per heavy atom. The summed E-state index contributed by atoms with van der Waals surface area (Å²) in [5.74, 6) is -0.677. The third kappa shape index (κ3) is 3.90. The Balaban J connectivity index is 1.49. The molecular formula is C25H27F3. The van der Waals surface area contributed by atoms with Crippen molar-refractivity contribution in [3.05, 3.63) is 76.6 Å². The second-order valence-electron chi connectivity index (χ2n) is 8.33. The SMILES string of the molecule is CCCC1CC(F)C(c2ccc(C3=CCc4cc(F)ccc4C3)cc2)C(F)C1. The highest BCUT2D eigenvalue weighted by atomic mass is 19.1. The third-order valence-corrected chi connectivity index (χ3v) is 6.38. The summed E-state index contributed by atoms with van der Waals surface area (Å²) in [5, 5.41) is 0. The fraction of sp³-hybridized carbons (Fsp3) is 0.440. The topological polar surface area (TPSA) is 0 Å². The van der Waals surface area contributed by atoms with E-state index < -0.39 is 18.3 Å². The lowest BCUT2D eigenvalue weighted by Crippen LogP contribution is -2.33. The van der Waals surface area contributed by atoms with Crippen LogP contribution in [-0.2, 0) is 12.8 Å². The Bertz CT molecular complexity index is 841. The van der Waals surface area contributed by atoms with Gasteiger partial charge in [-0.05, 0) is 71.6 Å². The smallest absolute Gasteiger partial charge is 0.123 e. The molecule has 0 radical (unpaired) electrons. The third-order valence-electron chi connectivity index (χ3n) is 6.38. The maximum absolute atomic E-state index is 14.7. The van der Waals surface area contributed by atoms with Crippen molar-refractivity contribution >= 4 is 5.57 Å². The molecule has 0 spiro atoms. The zero-order chi connectivity index (χ0) is 19.7. The molecule has 0 aliphatic heterocycles. The molecule has 2 aromatic carbocycles. The van der Waals surface area contributed by atoms with Crippen LogP contribution in [0.5, 0.6) is 0 Å². The molecule has 28 heavy (non-hydrogen) atoms. The van der Waals surface area contributed by atoms with Crippen molar-refractivity contribution in [1.29, 1.82) is 0 Å². The molecule has 0 heterocycles. The van der Waals surface area contributed by atoms with Gasteiger partial charge in [0.1, 0.15) is 18.2 Å². The van der Waals surface area contributed by atoms with E-state index in [1.165, 1.54) is 11.6 Å². The lowest BCUT2D eigenvalue weighted by Gasteiger charge is -2.35. The molecule has 0 bridgehead atoms. The number of fused-ring (bicyclic) bond motifs is 1. The van der Waals surface area contributed by atoms with Crippen LogP contribution in [0.4, 0.5) is 13.2 Å². The normalized spacial score (nSPS) is 27.2. The molecule has 3 heteroatoms. The summed E-state index contributed by atoms with van der Waals surface area (Å²) in [4.78, 5) is 0. The van der Waals surface area contributed by atoms with Crippen LogP contribution >= 0.6 is 0 Å². The van der Waals surface area contributed by atoms with Gasteiger partial charge < -0.3 is 0 Å². The largest absolute Gasteiger partial charge is 0.247 e. The van der Waals surface area contributed by atoms with Crippen LogP contribution in [0.1, 0.15) is 60.8 Å². The molecule has 1 fully saturated rings. The summed E-state index contributed by atoms with van der Waals surface area (Å²) in [7, 11) is 0. The Morgan fingerprint density at radius 3 is 2.32 bits per heavy atom. The van der Waals surface area contributed by atoms with Crippen LogP contribution in [0.2, 0.25) is 0 Å². The molecule has 2 aliphatic carbocycles. The van der Waals surface area contributed by atoms with Crippen LogP contribution in [0.25, 0.3) is 5.57 Å². The number of hydrogen-bond donors (Lipinski definition) is 0. The molecular weight excluding hydrogens is 357 g/mol. The quantitative estimate of drug-likeness (QED) is 0.533. The van der Waals surface area contributed by atoms with Gasteiger partial charge in [-0.25, -0.2) is 13.2 Å². The zero-order valence-corrected chi connectivity index (χ0v) is 16.3. The molecule has 0 aromatic heterocycles. The lowest BCUT2D eigenvalue weighted by molar-refractivity contribution is 0.0830. The van der Waals surface area contributed by atoms with Crippen LogP contribution in [-0.4, -0.2) is 12.3 Å². The van der Waals surface area contributed by atoms with E-state index in [0.29, 0.717) is 19.3 Å². The van der Waals surface area contributed by atoms with E-state index in [0.717, 1.165) is 41.5 Å². The van der Waals surface area contributed by atoms with Gasteiger partial charge in [-0.15, -0.1) is 0 Å². The van der Waals surface area contributed by atoms with Gasteiger partial charge in [0.05, 0.1) is 0 Å². The van der Waals surface area contributed by atoms with Gasteiger partial charge in [-0.2, -0.15) is 0 Å². The molecule has 4 rings (SSSR count). The van der Waals surface area contributed by atoms with Crippen LogP contribution in [0.3, 0.4) is 0 Å². The molecule has 0 amide bonds. The van der Waals surface area contributed by atoms with Crippen molar-refractivity contribution in [2.24, 2.45) is 5.92 Å². The van der Waals surface area contributed by atoms with Crippen molar-refractivity contribution in [2.45, 2.75) is 63.7 Å². The molecule has 1 saturated carbocycles. The highest BCUT2D eigenvalue weighted by molar-refractivity contribution is 5.70. The van der Waals surface area contributed by atoms with Gasteiger partial charge in [0.2, 0.25) is 0 Å². The van der Waals surface area contributed by atoms with E-state index in [1.54, 1.807) is 6.07 Å². The average molecular weight is 384 g/mol. The predicted molar refractivity (Wildman–Crippen MR) is 108 cm³/mol. The first-order valence-corrected chi connectivity index (χ1v) is 10.4. The number of rotatable bonds is 4. The van der Waals surface area contributed by atoms with Gasteiger partial charge in [0, 0.05) is 5.92 Å². The van der Waals surface area contributed by atoms with Crippen LogP contribution < -0.4 is 0 Å². The van der Waals surface area contributed by atoms with Gasteiger partial charge in [0.25, 0.3) is 0 Å². The minimum atomic E-state index is -1.11. The second kappa shape index (κ2) is 8.14. The number of halogens is 3. The highest BCUT2D eigenvalue weighted by Gasteiger charge is 2.38. The Kier molecular flexibility index (Phi) is 5.61. The first-order chi connectivity index (χ1) is 13.5. The molecule has 0 saturated heterocycles. The standard InChI is InChI=1S/C25H27F3/c1-2-3-16-12-23(27)25(24(28)13-16)18-6-4-17(5-7-18)19-8-9-21-15-22(26)11-10-20(21)14-19/h4-8,10-11,15-16,23-25H,2-3,9,12-14H2,1H3. The first-order valence-electron chi connectivity index (χ1n) is 10.4. The fourth-order valence-electron chi connectivity index (χ4n) is 4.92. The average Bonchev–Trinajstić information content (AvgIpc) is 2.68. The van der Waals surface area contributed by atoms with Crippen molar-refractivity contribution in [1.82, 2.24) is 0 Å². The molecule has 148 valence electrons. The van der Waals surface area contributed by atoms with E-state index >= 15 is 0 Å². The van der Waals surface area contributed by atoms with Gasteiger partial charge in [0.15, 0.2) is 0 Å². The van der Waals surface area contributed by atoms with Crippen LogP contribution in [0, 0.1) is 11.7 Å². The van der Waals surface area contributed by atoms with Crippen LogP contribution in [0.15, 0.2) is 48.5 Å². The summed E-state index contributed by atoms with van der Waals surface area (Å²) in [6, 6.07) is 12.7. The zero-order valence-electron chi connectivity index (χ0n) is 16.3. The van der Waals surface area contributed by atoms with Crippen molar-refractivity contribution in [3.8, 4) is 0 Å². The number of benzene rings is 2.